The predicted octanol–water partition coefficient (Wildman–Crippen LogP) is 1.05. The Kier molecular flexibility index (Phi) is 2.57. The molecule has 1 aliphatic heterocycles. The van der Waals surface area contributed by atoms with Gasteiger partial charge in [0.2, 0.25) is 0 Å². The van der Waals surface area contributed by atoms with E-state index in [1.54, 1.807) is 6.20 Å². The number of nitrogens with zero attached hydrogens (tertiary/aromatic N) is 2. The van der Waals surface area contributed by atoms with Gasteiger partial charge in [0.15, 0.2) is 0 Å². The summed E-state index contributed by atoms with van der Waals surface area (Å²) in [7, 11) is 1.98. The average Bonchev–Trinajstić information content (AvgIpc) is 3.14. The summed E-state index contributed by atoms with van der Waals surface area (Å²) in [5.74, 6) is 0.540. The molecule has 4 rings (SSSR count). The van der Waals surface area contributed by atoms with Gasteiger partial charge in [0.25, 0.3) is 5.91 Å². The minimum atomic E-state index is -0.0479. The third-order valence-electron chi connectivity index (χ3n) is 4.68. The Morgan fingerprint density at radius 2 is 2.40 bits per heavy atom. The Balaban J connectivity index is 1.54. The van der Waals surface area contributed by atoms with Gasteiger partial charge >= 0.3 is 0 Å². The van der Waals surface area contributed by atoms with Gasteiger partial charge in [-0.1, -0.05) is 0 Å². The van der Waals surface area contributed by atoms with Gasteiger partial charge in [0.1, 0.15) is 5.69 Å². The Morgan fingerprint density at radius 3 is 3.15 bits per heavy atom. The number of aryl methyl sites for hydroxylation is 1. The molecular weight excluding hydrogens is 252 g/mol. The van der Waals surface area contributed by atoms with Crippen LogP contribution >= 0.6 is 0 Å². The fraction of sp³-hybridized carbons (Fsp3) is 0.467. The summed E-state index contributed by atoms with van der Waals surface area (Å²) in [5, 5.41) is 7.66. The highest BCUT2D eigenvalue weighted by molar-refractivity contribution is 5.96. The number of nitrogens with one attached hydrogen (secondary N) is 2. The summed E-state index contributed by atoms with van der Waals surface area (Å²) >= 11 is 0. The van der Waals surface area contributed by atoms with Crippen LogP contribution in [0, 0.1) is 5.92 Å². The zero-order chi connectivity index (χ0) is 13.7. The molecule has 3 heterocycles. The second-order valence-corrected chi connectivity index (χ2v) is 5.97. The number of aromatic nitrogens is 2. The molecule has 0 spiro atoms. The molecule has 2 aliphatic rings. The fourth-order valence-electron chi connectivity index (χ4n) is 3.54. The Bertz CT molecular complexity index is 678. The van der Waals surface area contributed by atoms with E-state index in [0.29, 0.717) is 23.7 Å². The number of hydrogen-bond donors (Lipinski definition) is 2. The van der Waals surface area contributed by atoms with Crippen LogP contribution in [0.2, 0.25) is 0 Å². The van der Waals surface area contributed by atoms with Crippen molar-refractivity contribution < 1.29 is 4.79 Å². The molecule has 5 nitrogen and oxygen atoms in total. The van der Waals surface area contributed by atoms with Gasteiger partial charge in [0, 0.05) is 37.3 Å². The van der Waals surface area contributed by atoms with Crippen molar-refractivity contribution in [2.24, 2.45) is 13.0 Å². The molecular formula is C15H18N4O. The van der Waals surface area contributed by atoms with Crippen LogP contribution < -0.4 is 10.6 Å². The molecule has 3 unspecified atom stereocenters. The topological polar surface area (TPSA) is 59.0 Å². The molecule has 104 valence electrons. The van der Waals surface area contributed by atoms with Crippen molar-refractivity contribution in [2.45, 2.75) is 24.9 Å². The average molecular weight is 270 g/mol. The number of rotatable bonds is 2. The van der Waals surface area contributed by atoms with Crippen molar-refractivity contribution in [1.29, 1.82) is 0 Å². The molecule has 1 saturated carbocycles. The van der Waals surface area contributed by atoms with E-state index in [1.807, 2.05) is 29.9 Å². The fourth-order valence-corrected chi connectivity index (χ4v) is 3.54. The summed E-state index contributed by atoms with van der Waals surface area (Å²) in [4.78, 5) is 16.6. The molecule has 1 amide bonds. The summed E-state index contributed by atoms with van der Waals surface area (Å²) in [6.45, 7) is 1.03. The Labute approximate surface area is 117 Å². The number of hydrogen-bond acceptors (Lipinski definition) is 3. The summed E-state index contributed by atoms with van der Waals surface area (Å²) in [5.41, 5.74) is 1.56. The first kappa shape index (κ1) is 11.9. The van der Waals surface area contributed by atoms with Gasteiger partial charge in [-0.3, -0.25) is 4.79 Å². The molecule has 1 saturated heterocycles. The number of amides is 1. The SMILES string of the molecule is Cn1ccc2cc(C(=O)NC3CC4CC3CN4)ncc21. The molecule has 2 N–H and O–H groups in total. The van der Waals surface area contributed by atoms with Crippen molar-refractivity contribution >= 4 is 16.8 Å². The molecule has 0 radical (unpaired) electrons. The Morgan fingerprint density at radius 1 is 1.50 bits per heavy atom. The first-order chi connectivity index (χ1) is 9.70. The third kappa shape index (κ3) is 1.81. The smallest absolute Gasteiger partial charge is 0.270 e. The van der Waals surface area contributed by atoms with Crippen LogP contribution in [0.4, 0.5) is 0 Å². The molecule has 3 atom stereocenters. The summed E-state index contributed by atoms with van der Waals surface area (Å²) < 4.78 is 2.01. The van der Waals surface area contributed by atoms with Crippen LogP contribution in [-0.4, -0.2) is 34.1 Å². The lowest BCUT2D eigenvalue weighted by molar-refractivity contribution is 0.0920. The van der Waals surface area contributed by atoms with Gasteiger partial charge in [0.05, 0.1) is 11.7 Å². The van der Waals surface area contributed by atoms with Gasteiger partial charge in [-0.2, -0.15) is 0 Å². The number of carbonyl (C=O) groups excluding carboxylic acids is 1. The lowest BCUT2D eigenvalue weighted by atomic mass is 10.0. The summed E-state index contributed by atoms with van der Waals surface area (Å²) in [6, 6.07) is 4.78. The van der Waals surface area contributed by atoms with E-state index in [-0.39, 0.29) is 5.91 Å². The zero-order valence-corrected chi connectivity index (χ0v) is 11.5. The van der Waals surface area contributed by atoms with Crippen molar-refractivity contribution in [3.05, 3.63) is 30.2 Å². The van der Waals surface area contributed by atoms with Crippen molar-refractivity contribution in [3.8, 4) is 0 Å². The van der Waals surface area contributed by atoms with Gasteiger partial charge in [-0.25, -0.2) is 4.98 Å². The minimum absolute atomic E-state index is 0.0479. The highest BCUT2D eigenvalue weighted by Gasteiger charge is 2.40. The number of carbonyl (C=O) groups is 1. The Hall–Kier alpha value is -1.88. The maximum Gasteiger partial charge on any atom is 0.270 e. The van der Waals surface area contributed by atoms with E-state index >= 15 is 0 Å². The number of fused-ring (bicyclic) bond motifs is 3. The van der Waals surface area contributed by atoms with E-state index < -0.39 is 0 Å². The lowest BCUT2D eigenvalue weighted by Gasteiger charge is -2.23. The second kappa shape index (κ2) is 4.31. The third-order valence-corrected chi connectivity index (χ3v) is 4.68. The molecule has 1 aliphatic carbocycles. The molecule has 2 aromatic rings. The highest BCUT2D eigenvalue weighted by atomic mass is 16.1. The molecule has 20 heavy (non-hydrogen) atoms. The van der Waals surface area contributed by atoms with E-state index in [0.717, 1.165) is 23.9 Å². The van der Waals surface area contributed by atoms with Gasteiger partial charge in [-0.05, 0) is 30.9 Å². The van der Waals surface area contributed by atoms with E-state index in [4.69, 9.17) is 0 Å². The number of pyridine rings is 1. The number of piperidine rings is 1. The first-order valence-electron chi connectivity index (χ1n) is 7.16. The van der Waals surface area contributed by atoms with Crippen LogP contribution in [0.15, 0.2) is 24.5 Å². The van der Waals surface area contributed by atoms with E-state index in [1.165, 1.54) is 6.42 Å². The van der Waals surface area contributed by atoms with Crippen LogP contribution in [0.25, 0.3) is 10.9 Å². The van der Waals surface area contributed by atoms with Crippen LogP contribution in [0.3, 0.4) is 0 Å². The first-order valence-corrected chi connectivity index (χ1v) is 7.16. The minimum Gasteiger partial charge on any atom is -0.349 e. The van der Waals surface area contributed by atoms with E-state index in [9.17, 15) is 4.79 Å². The van der Waals surface area contributed by atoms with Crippen LogP contribution in [0.5, 0.6) is 0 Å². The molecule has 5 heteroatoms. The molecule has 2 fully saturated rings. The normalized spacial score (nSPS) is 28.1. The zero-order valence-electron chi connectivity index (χ0n) is 11.5. The highest BCUT2D eigenvalue weighted by Crippen LogP contribution is 2.31. The maximum atomic E-state index is 12.3. The van der Waals surface area contributed by atoms with Crippen molar-refractivity contribution in [3.63, 3.8) is 0 Å². The van der Waals surface area contributed by atoms with E-state index in [2.05, 4.69) is 15.6 Å². The molecule has 2 bridgehead atoms. The predicted molar refractivity (Wildman–Crippen MR) is 76.5 cm³/mol. The van der Waals surface area contributed by atoms with Crippen molar-refractivity contribution in [2.75, 3.05) is 6.54 Å². The molecule has 2 aromatic heterocycles. The maximum absolute atomic E-state index is 12.3. The summed E-state index contributed by atoms with van der Waals surface area (Å²) in [6.07, 6.45) is 5.99. The molecule has 0 aromatic carbocycles. The van der Waals surface area contributed by atoms with Crippen LogP contribution in [0.1, 0.15) is 23.3 Å². The largest absolute Gasteiger partial charge is 0.349 e. The quantitative estimate of drug-likeness (QED) is 0.857. The van der Waals surface area contributed by atoms with Gasteiger partial charge in [-0.15, -0.1) is 0 Å². The monoisotopic (exact) mass is 270 g/mol. The van der Waals surface area contributed by atoms with Crippen molar-refractivity contribution in [1.82, 2.24) is 20.2 Å². The standard InChI is InChI=1S/C15H18N4O/c1-19-3-2-9-5-13(17-8-14(9)19)15(20)18-12-6-11-4-10(12)7-16-11/h2-3,5,8,10-12,16H,4,6-7H2,1H3,(H,18,20). The van der Waals surface area contributed by atoms with Crippen LogP contribution in [-0.2, 0) is 7.05 Å². The lowest BCUT2D eigenvalue weighted by Crippen LogP contribution is -2.44. The second-order valence-electron chi connectivity index (χ2n) is 5.97. The van der Waals surface area contributed by atoms with Gasteiger partial charge < -0.3 is 15.2 Å².